The van der Waals surface area contributed by atoms with Crippen LogP contribution < -0.4 is 5.32 Å². The summed E-state index contributed by atoms with van der Waals surface area (Å²) < 4.78 is 0. The monoisotopic (exact) mass is 196 g/mol. The fraction of sp³-hybridized carbons (Fsp3) is 0.909. The number of nitrogens with one attached hydrogen (secondary N) is 1. The second-order valence-corrected chi connectivity index (χ2v) is 4.45. The van der Waals surface area contributed by atoms with Gasteiger partial charge in [0.25, 0.3) is 0 Å². The van der Waals surface area contributed by atoms with Crippen LogP contribution in [0.2, 0.25) is 0 Å². The third-order valence-corrected chi connectivity index (χ3v) is 3.27. The molecule has 2 aliphatic rings. The van der Waals surface area contributed by atoms with Crippen LogP contribution in [0.25, 0.3) is 0 Å². The Labute approximate surface area is 85.8 Å². The molecule has 0 aliphatic heterocycles. The van der Waals surface area contributed by atoms with Gasteiger partial charge in [0.15, 0.2) is 0 Å². The number of hydrogen-bond acceptors (Lipinski definition) is 1. The minimum Gasteiger partial charge on any atom is -0.335 e. The molecule has 0 aromatic heterocycles. The van der Waals surface area contributed by atoms with Crippen LogP contribution in [0.5, 0.6) is 0 Å². The lowest BCUT2D eigenvalue weighted by molar-refractivity contribution is 0.178. The highest BCUT2D eigenvalue weighted by molar-refractivity contribution is 5.75. The molecule has 2 aliphatic carbocycles. The average Bonchev–Trinajstić information content (AvgIpc) is 2.82. The van der Waals surface area contributed by atoms with Gasteiger partial charge < -0.3 is 10.2 Å². The summed E-state index contributed by atoms with van der Waals surface area (Å²) in [7, 11) is 0. The highest BCUT2D eigenvalue weighted by Crippen LogP contribution is 2.24. The van der Waals surface area contributed by atoms with E-state index in [1.165, 1.54) is 38.5 Å². The summed E-state index contributed by atoms with van der Waals surface area (Å²) >= 11 is 0. The molecule has 0 aromatic rings. The predicted molar refractivity (Wildman–Crippen MR) is 56.2 cm³/mol. The Morgan fingerprint density at radius 1 is 1.29 bits per heavy atom. The van der Waals surface area contributed by atoms with Crippen LogP contribution in [0.1, 0.15) is 45.4 Å². The van der Waals surface area contributed by atoms with Gasteiger partial charge in [-0.2, -0.15) is 0 Å². The van der Waals surface area contributed by atoms with Crippen molar-refractivity contribution in [1.29, 1.82) is 0 Å². The molecule has 2 rings (SSSR count). The van der Waals surface area contributed by atoms with E-state index in [9.17, 15) is 4.79 Å². The van der Waals surface area contributed by atoms with Crippen LogP contribution in [-0.2, 0) is 0 Å². The van der Waals surface area contributed by atoms with Gasteiger partial charge in [0.05, 0.1) is 0 Å². The molecule has 2 saturated carbocycles. The normalized spacial score (nSPS) is 22.4. The van der Waals surface area contributed by atoms with Crippen molar-refractivity contribution >= 4 is 6.03 Å². The van der Waals surface area contributed by atoms with E-state index in [4.69, 9.17) is 0 Å². The van der Waals surface area contributed by atoms with Crippen molar-refractivity contribution in [1.82, 2.24) is 10.2 Å². The molecule has 0 atom stereocenters. The molecule has 0 bridgehead atoms. The van der Waals surface area contributed by atoms with E-state index < -0.39 is 0 Å². The number of nitrogens with zero attached hydrogens (tertiary/aromatic N) is 1. The zero-order chi connectivity index (χ0) is 9.97. The smallest absolute Gasteiger partial charge is 0.317 e. The first-order valence-electron chi connectivity index (χ1n) is 5.88. The zero-order valence-electron chi connectivity index (χ0n) is 8.96. The largest absolute Gasteiger partial charge is 0.335 e. The predicted octanol–water partition coefficient (Wildman–Crippen LogP) is 2.12. The summed E-state index contributed by atoms with van der Waals surface area (Å²) in [5.74, 6) is 0. The van der Waals surface area contributed by atoms with E-state index in [0.29, 0.717) is 12.1 Å². The SMILES string of the molecule is CCN(C(=O)NC1CC1)C1CCCC1. The quantitative estimate of drug-likeness (QED) is 0.736. The molecule has 2 fully saturated rings. The molecule has 3 nitrogen and oxygen atoms in total. The summed E-state index contributed by atoms with van der Waals surface area (Å²) in [4.78, 5) is 13.8. The van der Waals surface area contributed by atoms with Crippen LogP contribution in [0.15, 0.2) is 0 Å². The van der Waals surface area contributed by atoms with Crippen LogP contribution in [0.4, 0.5) is 4.79 Å². The number of carbonyl (C=O) groups excluding carboxylic acids is 1. The standard InChI is InChI=1S/C11H20N2O/c1-2-13(10-5-3-4-6-10)11(14)12-9-7-8-9/h9-10H,2-8H2,1H3,(H,12,14). The minimum absolute atomic E-state index is 0.168. The van der Waals surface area contributed by atoms with Crippen LogP contribution >= 0.6 is 0 Å². The summed E-state index contributed by atoms with van der Waals surface area (Å²) in [6.07, 6.45) is 7.33. The van der Waals surface area contributed by atoms with Crippen molar-refractivity contribution in [3.05, 3.63) is 0 Å². The lowest BCUT2D eigenvalue weighted by Crippen LogP contribution is -2.45. The van der Waals surface area contributed by atoms with Crippen molar-refractivity contribution in [2.45, 2.75) is 57.5 Å². The summed E-state index contributed by atoms with van der Waals surface area (Å²) in [5, 5.41) is 3.07. The van der Waals surface area contributed by atoms with E-state index in [0.717, 1.165) is 6.54 Å². The van der Waals surface area contributed by atoms with Gasteiger partial charge in [0, 0.05) is 18.6 Å². The fourth-order valence-corrected chi connectivity index (χ4v) is 2.27. The second-order valence-electron chi connectivity index (χ2n) is 4.45. The van der Waals surface area contributed by atoms with E-state index in [-0.39, 0.29) is 6.03 Å². The maximum atomic E-state index is 11.8. The van der Waals surface area contributed by atoms with Crippen molar-refractivity contribution in [2.75, 3.05) is 6.54 Å². The number of amides is 2. The van der Waals surface area contributed by atoms with Crippen LogP contribution in [0, 0.1) is 0 Å². The second kappa shape index (κ2) is 4.20. The molecule has 2 amide bonds. The maximum absolute atomic E-state index is 11.8. The third-order valence-electron chi connectivity index (χ3n) is 3.27. The van der Waals surface area contributed by atoms with Crippen LogP contribution in [0.3, 0.4) is 0 Å². The molecule has 0 saturated heterocycles. The molecule has 1 N–H and O–H groups in total. The summed E-state index contributed by atoms with van der Waals surface area (Å²) in [5.41, 5.74) is 0. The molecule has 80 valence electrons. The van der Waals surface area contributed by atoms with Gasteiger partial charge in [-0.15, -0.1) is 0 Å². The highest BCUT2D eigenvalue weighted by atomic mass is 16.2. The first-order chi connectivity index (χ1) is 6.81. The van der Waals surface area contributed by atoms with Gasteiger partial charge in [-0.3, -0.25) is 0 Å². The molecule has 0 spiro atoms. The molecule has 0 aromatic carbocycles. The van der Waals surface area contributed by atoms with Crippen LogP contribution in [-0.4, -0.2) is 29.6 Å². The first kappa shape index (κ1) is 9.81. The van der Waals surface area contributed by atoms with Gasteiger partial charge in [-0.05, 0) is 32.6 Å². The van der Waals surface area contributed by atoms with Crippen molar-refractivity contribution < 1.29 is 4.79 Å². The molecule has 3 heteroatoms. The molecule has 0 unspecified atom stereocenters. The van der Waals surface area contributed by atoms with E-state index >= 15 is 0 Å². The molecule has 0 heterocycles. The number of hydrogen-bond donors (Lipinski definition) is 1. The summed E-state index contributed by atoms with van der Waals surface area (Å²) in [6.45, 7) is 2.92. The number of carbonyl (C=O) groups is 1. The lowest BCUT2D eigenvalue weighted by Gasteiger charge is -2.27. The molecular formula is C11H20N2O. The Bertz CT molecular complexity index is 207. The Kier molecular flexibility index (Phi) is 2.94. The topological polar surface area (TPSA) is 32.3 Å². The van der Waals surface area contributed by atoms with E-state index in [2.05, 4.69) is 12.2 Å². The Hall–Kier alpha value is -0.730. The lowest BCUT2D eigenvalue weighted by atomic mass is 10.2. The molecule has 14 heavy (non-hydrogen) atoms. The third kappa shape index (κ3) is 2.20. The Morgan fingerprint density at radius 2 is 1.93 bits per heavy atom. The van der Waals surface area contributed by atoms with E-state index in [1.807, 2.05) is 4.90 Å². The summed E-state index contributed by atoms with van der Waals surface area (Å²) in [6, 6.07) is 1.17. The van der Waals surface area contributed by atoms with Crippen molar-refractivity contribution in [2.24, 2.45) is 0 Å². The average molecular weight is 196 g/mol. The van der Waals surface area contributed by atoms with Gasteiger partial charge in [-0.1, -0.05) is 12.8 Å². The van der Waals surface area contributed by atoms with Crippen molar-refractivity contribution in [3.63, 3.8) is 0 Å². The molecule has 0 radical (unpaired) electrons. The van der Waals surface area contributed by atoms with Gasteiger partial charge in [0.2, 0.25) is 0 Å². The van der Waals surface area contributed by atoms with Gasteiger partial charge in [0.1, 0.15) is 0 Å². The number of rotatable bonds is 3. The minimum atomic E-state index is 0.168. The van der Waals surface area contributed by atoms with E-state index in [1.54, 1.807) is 0 Å². The Balaban J connectivity index is 1.85. The van der Waals surface area contributed by atoms with Crippen molar-refractivity contribution in [3.8, 4) is 0 Å². The van der Waals surface area contributed by atoms with Gasteiger partial charge >= 0.3 is 6.03 Å². The molecular weight excluding hydrogens is 176 g/mol. The van der Waals surface area contributed by atoms with Gasteiger partial charge in [-0.25, -0.2) is 4.79 Å². The maximum Gasteiger partial charge on any atom is 0.317 e. The fourth-order valence-electron chi connectivity index (χ4n) is 2.27. The first-order valence-corrected chi connectivity index (χ1v) is 5.88. The zero-order valence-corrected chi connectivity index (χ0v) is 8.96. The highest BCUT2D eigenvalue weighted by Gasteiger charge is 2.29. The number of urea groups is 1. The Morgan fingerprint density at radius 3 is 2.43 bits per heavy atom.